The number of aromatic nitrogens is 1. The molecule has 0 amide bonds. The van der Waals surface area contributed by atoms with Crippen LogP contribution in [0.15, 0.2) is 24.3 Å². The largest absolute Gasteiger partial charge is 0.494 e. The Morgan fingerprint density at radius 2 is 1.57 bits per heavy atom. The molecule has 0 spiro atoms. The number of alkyl halides is 1. The van der Waals surface area contributed by atoms with Gasteiger partial charge in [-0.1, -0.05) is 28.1 Å². The highest BCUT2D eigenvalue weighted by molar-refractivity contribution is 9.09. The molecule has 0 atom stereocenters. The molecule has 14 heavy (non-hydrogen) atoms. The third-order valence-corrected chi connectivity index (χ3v) is 2.58. The lowest BCUT2D eigenvalue weighted by Crippen LogP contribution is -1.96. The van der Waals surface area contributed by atoms with Gasteiger partial charge >= 0.3 is 0 Å². The van der Waals surface area contributed by atoms with Crippen molar-refractivity contribution in [2.45, 2.75) is 6.54 Å². The fraction of sp³-hybridized carbons (Fsp3) is 0.200. The maximum absolute atomic E-state index is 9.78. The van der Waals surface area contributed by atoms with Gasteiger partial charge in [-0.25, -0.2) is 0 Å². The highest BCUT2D eigenvalue weighted by atomic mass is 79.9. The second kappa shape index (κ2) is 3.53. The van der Waals surface area contributed by atoms with Gasteiger partial charge in [0, 0.05) is 22.6 Å². The molecule has 2 aromatic rings. The summed E-state index contributed by atoms with van der Waals surface area (Å²) in [6.45, 7) is 0.548. The van der Waals surface area contributed by atoms with Crippen molar-refractivity contribution in [3.63, 3.8) is 0 Å². The van der Waals surface area contributed by atoms with Crippen LogP contribution in [0.3, 0.4) is 0 Å². The van der Waals surface area contributed by atoms with E-state index in [9.17, 15) is 10.2 Å². The lowest BCUT2D eigenvalue weighted by atomic mass is 10.2. The average molecular weight is 256 g/mol. The van der Waals surface area contributed by atoms with Gasteiger partial charge in [0.15, 0.2) is 0 Å². The van der Waals surface area contributed by atoms with Crippen molar-refractivity contribution in [1.82, 2.24) is 4.57 Å². The third-order valence-electron chi connectivity index (χ3n) is 2.23. The van der Waals surface area contributed by atoms with Crippen molar-refractivity contribution >= 4 is 26.7 Å². The third kappa shape index (κ3) is 1.26. The van der Waals surface area contributed by atoms with E-state index in [0.717, 1.165) is 0 Å². The number of nitrogens with zero attached hydrogens (tertiary/aromatic N) is 1. The van der Waals surface area contributed by atoms with Crippen LogP contribution in [0.2, 0.25) is 0 Å². The topological polar surface area (TPSA) is 45.4 Å². The first-order valence-electron chi connectivity index (χ1n) is 4.31. The maximum atomic E-state index is 9.78. The van der Waals surface area contributed by atoms with Crippen molar-refractivity contribution in [2.24, 2.45) is 0 Å². The first kappa shape index (κ1) is 9.40. The fourth-order valence-corrected chi connectivity index (χ4v) is 1.92. The van der Waals surface area contributed by atoms with E-state index in [4.69, 9.17) is 0 Å². The van der Waals surface area contributed by atoms with E-state index in [-0.39, 0.29) is 11.8 Å². The molecule has 0 unspecified atom stereocenters. The predicted molar refractivity (Wildman–Crippen MR) is 59.1 cm³/mol. The van der Waals surface area contributed by atoms with Gasteiger partial charge in [-0.05, 0) is 12.1 Å². The monoisotopic (exact) mass is 255 g/mol. The highest BCUT2D eigenvalue weighted by Crippen LogP contribution is 2.35. The second-order valence-corrected chi connectivity index (χ2v) is 3.83. The van der Waals surface area contributed by atoms with Crippen molar-refractivity contribution in [3.8, 4) is 11.8 Å². The number of hydrogen-bond acceptors (Lipinski definition) is 2. The average Bonchev–Trinajstić information content (AvgIpc) is 2.45. The molecule has 0 aliphatic rings. The van der Waals surface area contributed by atoms with E-state index in [2.05, 4.69) is 15.9 Å². The Balaban J connectivity index is 2.72. The van der Waals surface area contributed by atoms with E-state index in [1.807, 2.05) is 12.1 Å². The van der Waals surface area contributed by atoms with Crippen LogP contribution in [-0.4, -0.2) is 20.1 Å². The van der Waals surface area contributed by atoms with Gasteiger partial charge in [-0.3, -0.25) is 4.57 Å². The molecular weight excluding hydrogens is 246 g/mol. The molecule has 74 valence electrons. The summed E-state index contributed by atoms with van der Waals surface area (Å²) in [4.78, 5) is 0. The Hall–Kier alpha value is -1.16. The molecule has 0 bridgehead atoms. The van der Waals surface area contributed by atoms with E-state index < -0.39 is 0 Å². The number of fused-ring (bicyclic) bond motifs is 1. The molecule has 0 radical (unpaired) electrons. The van der Waals surface area contributed by atoms with E-state index in [1.54, 1.807) is 12.1 Å². The Bertz CT molecular complexity index is 425. The van der Waals surface area contributed by atoms with Crippen LogP contribution in [0.5, 0.6) is 11.8 Å². The van der Waals surface area contributed by atoms with Crippen LogP contribution in [0.4, 0.5) is 0 Å². The van der Waals surface area contributed by atoms with Crippen LogP contribution in [-0.2, 0) is 6.54 Å². The molecule has 3 nitrogen and oxygen atoms in total. The molecule has 0 aliphatic heterocycles. The zero-order valence-corrected chi connectivity index (χ0v) is 9.03. The van der Waals surface area contributed by atoms with Crippen molar-refractivity contribution in [2.75, 3.05) is 5.33 Å². The molecule has 0 saturated heterocycles. The number of rotatable bonds is 2. The van der Waals surface area contributed by atoms with Crippen LogP contribution >= 0.6 is 15.9 Å². The summed E-state index contributed by atoms with van der Waals surface area (Å²) in [6, 6.07) is 7.24. The first-order valence-corrected chi connectivity index (χ1v) is 5.43. The lowest BCUT2D eigenvalue weighted by molar-refractivity contribution is 0.379. The summed E-state index contributed by atoms with van der Waals surface area (Å²) in [5, 5.41) is 21.6. The standard InChI is InChI=1S/C10H10BrNO2/c11-5-6-12-9(13)7-3-1-2-4-8(7)10(12)14/h1-4,13-14H,5-6H2. The molecule has 2 rings (SSSR count). The SMILES string of the molecule is Oc1c2ccccc2c(O)n1CCBr. The number of benzene rings is 1. The van der Waals surface area contributed by atoms with Gasteiger partial charge in [0.25, 0.3) is 0 Å². The van der Waals surface area contributed by atoms with E-state index in [0.29, 0.717) is 22.6 Å². The molecule has 0 fully saturated rings. The molecule has 1 aromatic carbocycles. The van der Waals surface area contributed by atoms with Gasteiger partial charge in [-0.2, -0.15) is 0 Å². The molecule has 0 aliphatic carbocycles. The normalized spacial score (nSPS) is 10.9. The molecule has 0 saturated carbocycles. The smallest absolute Gasteiger partial charge is 0.202 e. The van der Waals surface area contributed by atoms with Gasteiger partial charge in [-0.15, -0.1) is 0 Å². The Labute approximate surface area is 89.7 Å². The minimum absolute atomic E-state index is 0.123. The Morgan fingerprint density at radius 3 is 2.00 bits per heavy atom. The number of aromatic hydroxyl groups is 2. The van der Waals surface area contributed by atoms with Crippen LogP contribution < -0.4 is 0 Å². The molecule has 2 N–H and O–H groups in total. The summed E-state index contributed by atoms with van der Waals surface area (Å²) in [6.07, 6.45) is 0. The van der Waals surface area contributed by atoms with Crippen molar-refractivity contribution in [1.29, 1.82) is 0 Å². The molecule has 4 heteroatoms. The van der Waals surface area contributed by atoms with E-state index in [1.165, 1.54) is 4.57 Å². The van der Waals surface area contributed by atoms with Crippen LogP contribution in [0.25, 0.3) is 10.8 Å². The summed E-state index contributed by atoms with van der Waals surface area (Å²) < 4.78 is 1.49. The zero-order valence-electron chi connectivity index (χ0n) is 7.44. The molecule has 1 aromatic heterocycles. The van der Waals surface area contributed by atoms with Gasteiger partial charge in [0.1, 0.15) is 0 Å². The maximum Gasteiger partial charge on any atom is 0.202 e. The Kier molecular flexibility index (Phi) is 2.37. The van der Waals surface area contributed by atoms with Crippen LogP contribution in [0, 0.1) is 0 Å². The summed E-state index contributed by atoms with van der Waals surface area (Å²) in [5.74, 6) is 0.245. The zero-order chi connectivity index (χ0) is 10.1. The van der Waals surface area contributed by atoms with Gasteiger partial charge < -0.3 is 10.2 Å². The number of hydrogen-bond donors (Lipinski definition) is 2. The fourth-order valence-electron chi connectivity index (χ4n) is 1.56. The quantitative estimate of drug-likeness (QED) is 0.810. The second-order valence-electron chi connectivity index (χ2n) is 3.03. The molecular formula is C10H10BrNO2. The summed E-state index contributed by atoms with van der Waals surface area (Å²) in [5.41, 5.74) is 0. The predicted octanol–water partition coefficient (Wildman–Crippen LogP) is 2.45. The summed E-state index contributed by atoms with van der Waals surface area (Å²) in [7, 11) is 0. The van der Waals surface area contributed by atoms with Crippen molar-refractivity contribution in [3.05, 3.63) is 24.3 Å². The molecule has 1 heterocycles. The minimum Gasteiger partial charge on any atom is -0.494 e. The Morgan fingerprint density at radius 1 is 1.07 bits per heavy atom. The first-order chi connectivity index (χ1) is 6.75. The van der Waals surface area contributed by atoms with Crippen molar-refractivity contribution < 1.29 is 10.2 Å². The van der Waals surface area contributed by atoms with E-state index >= 15 is 0 Å². The number of halogens is 1. The minimum atomic E-state index is 0.123. The van der Waals surface area contributed by atoms with Crippen LogP contribution in [0.1, 0.15) is 0 Å². The lowest BCUT2D eigenvalue weighted by Gasteiger charge is -2.02. The van der Waals surface area contributed by atoms with Gasteiger partial charge in [0.05, 0.1) is 0 Å². The van der Waals surface area contributed by atoms with Gasteiger partial charge in [0.2, 0.25) is 11.8 Å². The highest BCUT2D eigenvalue weighted by Gasteiger charge is 2.13. The summed E-state index contributed by atoms with van der Waals surface area (Å²) >= 11 is 3.27.